The van der Waals surface area contributed by atoms with Crippen LogP contribution in [0.1, 0.15) is 0 Å². The van der Waals surface area contributed by atoms with Crippen LogP contribution in [0.4, 0.5) is 0 Å². The van der Waals surface area contributed by atoms with E-state index in [2.05, 4.69) is 9.97 Å². The smallest absolute Gasteiger partial charge is 0.276 e. The van der Waals surface area contributed by atoms with Crippen LogP contribution in [0, 0.1) is 0 Å². The number of hydrogen-bond donors (Lipinski definition) is 1. The Hall–Kier alpha value is -1.91. The van der Waals surface area contributed by atoms with Crippen molar-refractivity contribution in [2.24, 2.45) is 0 Å². The molecular formula is C7H4N3O2-. The third kappa shape index (κ3) is 0.914. The number of H-pyrrole nitrogens is 1. The van der Waals surface area contributed by atoms with Gasteiger partial charge in [-0.05, 0) is 12.1 Å². The van der Waals surface area contributed by atoms with Gasteiger partial charge in [0.2, 0.25) is 0 Å². The maximum absolute atomic E-state index is 11.0. The molecule has 12 heavy (non-hydrogen) atoms. The van der Waals surface area contributed by atoms with Crippen molar-refractivity contribution in [1.82, 2.24) is 15.0 Å². The maximum Gasteiger partial charge on any atom is 0.276 e. The van der Waals surface area contributed by atoms with Crippen molar-refractivity contribution in [3.63, 3.8) is 0 Å². The normalized spacial score (nSPS) is 10.3. The van der Waals surface area contributed by atoms with Gasteiger partial charge in [0.1, 0.15) is 0 Å². The zero-order chi connectivity index (χ0) is 8.55. The molecule has 0 aliphatic carbocycles. The third-order valence-electron chi connectivity index (χ3n) is 1.44. The Kier molecular flexibility index (Phi) is 1.30. The molecule has 0 saturated carbocycles. The van der Waals surface area contributed by atoms with E-state index in [0.29, 0.717) is 5.52 Å². The van der Waals surface area contributed by atoms with Crippen LogP contribution >= 0.6 is 0 Å². The Balaban J connectivity index is 2.99. The maximum atomic E-state index is 11.0. The van der Waals surface area contributed by atoms with Gasteiger partial charge in [0, 0.05) is 6.20 Å². The van der Waals surface area contributed by atoms with Crippen LogP contribution in [-0.4, -0.2) is 15.0 Å². The molecule has 5 nitrogen and oxygen atoms in total. The highest BCUT2D eigenvalue weighted by molar-refractivity contribution is 5.72. The fraction of sp³-hybridized carbons (Fsp3) is 0. The number of nitrogens with one attached hydrogen (secondary N) is 1. The van der Waals surface area contributed by atoms with E-state index in [1.54, 1.807) is 12.1 Å². The molecule has 2 aromatic heterocycles. The molecule has 0 atom stereocenters. The standard InChI is InChI=1S/C7H5N3O2/c11-6-5-4(2-1-3-8-5)9-7(12)10-6/h1-3H,(H2,9,10,11,12)/p-1. The Bertz CT molecular complexity index is 477. The fourth-order valence-corrected chi connectivity index (χ4v) is 0.956. The van der Waals surface area contributed by atoms with Crippen LogP contribution in [-0.2, 0) is 0 Å². The summed E-state index contributed by atoms with van der Waals surface area (Å²) >= 11 is 0. The summed E-state index contributed by atoms with van der Waals surface area (Å²) in [5, 5.41) is 10.7. The predicted octanol–water partition coefficient (Wildman–Crippen LogP) is -0.608. The van der Waals surface area contributed by atoms with Gasteiger partial charge in [0.25, 0.3) is 5.56 Å². The van der Waals surface area contributed by atoms with Crippen LogP contribution < -0.4 is 10.7 Å². The van der Waals surface area contributed by atoms with Gasteiger partial charge in [-0.15, -0.1) is 0 Å². The molecule has 0 radical (unpaired) electrons. The zero-order valence-electron chi connectivity index (χ0n) is 5.94. The van der Waals surface area contributed by atoms with Crippen LogP contribution in [0.5, 0.6) is 6.01 Å². The van der Waals surface area contributed by atoms with Crippen LogP contribution in [0.25, 0.3) is 11.0 Å². The first-order chi connectivity index (χ1) is 5.77. The van der Waals surface area contributed by atoms with Crippen molar-refractivity contribution in [3.8, 4) is 6.01 Å². The second kappa shape index (κ2) is 2.30. The summed E-state index contributed by atoms with van der Waals surface area (Å²) in [7, 11) is 0. The highest BCUT2D eigenvalue weighted by Crippen LogP contribution is 2.02. The summed E-state index contributed by atoms with van der Waals surface area (Å²) < 4.78 is 0. The number of fused-ring (bicyclic) bond motifs is 1. The van der Waals surface area contributed by atoms with E-state index in [-0.39, 0.29) is 5.52 Å². The average molecular weight is 162 g/mol. The average Bonchev–Trinajstić information content (AvgIpc) is 2.04. The van der Waals surface area contributed by atoms with Gasteiger partial charge < -0.3 is 10.1 Å². The second-order valence-corrected chi connectivity index (χ2v) is 2.24. The van der Waals surface area contributed by atoms with Crippen LogP contribution in [0.2, 0.25) is 0 Å². The summed E-state index contributed by atoms with van der Waals surface area (Å²) in [5.41, 5.74) is 0.0222. The molecule has 0 aliphatic heterocycles. The summed E-state index contributed by atoms with van der Waals surface area (Å²) in [5.74, 6) is 0. The minimum Gasteiger partial charge on any atom is -0.846 e. The van der Waals surface area contributed by atoms with Crippen molar-refractivity contribution in [3.05, 3.63) is 28.7 Å². The number of aromatic amines is 1. The van der Waals surface area contributed by atoms with E-state index < -0.39 is 11.6 Å². The SMILES string of the molecule is O=c1[nH]c([O-])nc2cccnc12. The topological polar surface area (TPSA) is 81.7 Å². The quantitative estimate of drug-likeness (QED) is 0.560. The van der Waals surface area contributed by atoms with Crippen molar-refractivity contribution in [1.29, 1.82) is 0 Å². The molecule has 2 rings (SSSR count). The Labute approximate surface area is 66.7 Å². The molecule has 0 fully saturated rings. The first kappa shape index (κ1) is 6.78. The molecule has 1 N–H and O–H groups in total. The van der Waals surface area contributed by atoms with Gasteiger partial charge in [0.15, 0.2) is 5.52 Å². The van der Waals surface area contributed by atoms with E-state index in [4.69, 9.17) is 0 Å². The minimum atomic E-state index is -0.638. The number of hydrogen-bond acceptors (Lipinski definition) is 4. The van der Waals surface area contributed by atoms with Crippen LogP contribution in [0.3, 0.4) is 0 Å². The zero-order valence-corrected chi connectivity index (χ0v) is 5.94. The van der Waals surface area contributed by atoms with E-state index in [1.807, 2.05) is 4.98 Å². The molecule has 2 heterocycles. The predicted molar refractivity (Wildman–Crippen MR) is 39.6 cm³/mol. The molecule has 0 aromatic carbocycles. The summed E-state index contributed by atoms with van der Waals surface area (Å²) in [6, 6.07) is 2.55. The Morgan fingerprint density at radius 2 is 2.33 bits per heavy atom. The monoisotopic (exact) mass is 162 g/mol. The molecule has 2 aromatic rings. The van der Waals surface area contributed by atoms with Crippen molar-refractivity contribution in [2.75, 3.05) is 0 Å². The molecular weight excluding hydrogens is 158 g/mol. The molecule has 0 unspecified atom stereocenters. The second-order valence-electron chi connectivity index (χ2n) is 2.24. The van der Waals surface area contributed by atoms with Gasteiger partial charge in [0.05, 0.1) is 11.5 Å². The summed E-state index contributed by atoms with van der Waals surface area (Å²) in [6.45, 7) is 0. The van der Waals surface area contributed by atoms with Crippen molar-refractivity contribution in [2.45, 2.75) is 0 Å². The van der Waals surface area contributed by atoms with E-state index in [1.165, 1.54) is 6.20 Å². The molecule has 0 aliphatic rings. The third-order valence-corrected chi connectivity index (χ3v) is 1.44. The van der Waals surface area contributed by atoms with Gasteiger partial charge in [-0.2, -0.15) is 0 Å². The van der Waals surface area contributed by atoms with Crippen LogP contribution in [0.15, 0.2) is 23.1 Å². The molecule has 0 bridgehead atoms. The molecule has 0 amide bonds. The van der Waals surface area contributed by atoms with Gasteiger partial charge in [-0.25, -0.2) is 9.97 Å². The molecule has 0 saturated heterocycles. The lowest BCUT2D eigenvalue weighted by Crippen LogP contribution is -2.12. The van der Waals surface area contributed by atoms with Crippen molar-refractivity contribution < 1.29 is 5.11 Å². The fourth-order valence-electron chi connectivity index (χ4n) is 0.956. The first-order valence-corrected chi connectivity index (χ1v) is 3.29. The summed E-state index contributed by atoms with van der Waals surface area (Å²) in [6.07, 6.45) is 1.48. The first-order valence-electron chi connectivity index (χ1n) is 3.29. The lowest BCUT2D eigenvalue weighted by molar-refractivity contribution is -0.281. The largest absolute Gasteiger partial charge is 0.846 e. The number of pyridine rings is 1. The van der Waals surface area contributed by atoms with Gasteiger partial charge in [-0.3, -0.25) is 4.79 Å². The summed E-state index contributed by atoms with van der Waals surface area (Å²) in [4.78, 5) is 20.4. The van der Waals surface area contributed by atoms with E-state index in [9.17, 15) is 9.90 Å². The highest BCUT2D eigenvalue weighted by Gasteiger charge is 1.97. The number of aromatic nitrogens is 3. The number of nitrogens with zero attached hydrogens (tertiary/aromatic N) is 2. The highest BCUT2D eigenvalue weighted by atomic mass is 16.3. The van der Waals surface area contributed by atoms with E-state index in [0.717, 1.165) is 0 Å². The molecule has 60 valence electrons. The lowest BCUT2D eigenvalue weighted by atomic mass is 10.4. The van der Waals surface area contributed by atoms with E-state index >= 15 is 0 Å². The molecule has 0 spiro atoms. The van der Waals surface area contributed by atoms with Gasteiger partial charge in [-0.1, -0.05) is 0 Å². The number of rotatable bonds is 0. The lowest BCUT2D eigenvalue weighted by Gasteiger charge is -2.02. The Morgan fingerprint density at radius 3 is 3.17 bits per heavy atom. The van der Waals surface area contributed by atoms with Gasteiger partial charge >= 0.3 is 0 Å². The molecule has 5 heteroatoms. The Morgan fingerprint density at radius 1 is 1.50 bits per heavy atom. The minimum absolute atomic E-state index is 0.192. The van der Waals surface area contributed by atoms with Crippen molar-refractivity contribution >= 4 is 11.0 Å².